The zero-order chi connectivity index (χ0) is 15.1. The molecule has 1 aromatic heterocycles. The third-order valence-electron chi connectivity index (χ3n) is 3.23. The molecule has 0 bridgehead atoms. The highest BCUT2D eigenvalue weighted by molar-refractivity contribution is 5.91. The van der Waals surface area contributed by atoms with Gasteiger partial charge in [0.25, 0.3) is 0 Å². The normalized spacial score (nSPS) is 10.6. The monoisotopic (exact) mass is 287 g/mol. The number of nitrogens with zero attached hydrogens (tertiary/aromatic N) is 3. The molecule has 0 unspecified atom stereocenters. The number of anilines is 1. The smallest absolute Gasteiger partial charge is 0.225 e. The zero-order valence-electron chi connectivity index (χ0n) is 12.5. The van der Waals surface area contributed by atoms with Crippen LogP contribution in [-0.2, 0) is 17.9 Å². The summed E-state index contributed by atoms with van der Waals surface area (Å²) in [4.78, 5) is 16.0. The second-order valence-corrected chi connectivity index (χ2v) is 4.78. The molecule has 0 saturated heterocycles. The molecule has 1 aromatic carbocycles. The summed E-state index contributed by atoms with van der Waals surface area (Å²) in [5.74, 6) is 0.894. The second-order valence-electron chi connectivity index (χ2n) is 4.78. The molecule has 2 aromatic rings. The fourth-order valence-corrected chi connectivity index (χ4v) is 2.02. The first kappa shape index (κ1) is 15.2. The van der Waals surface area contributed by atoms with Crippen molar-refractivity contribution in [3.63, 3.8) is 0 Å². The van der Waals surface area contributed by atoms with Gasteiger partial charge < -0.3 is 10.6 Å². The van der Waals surface area contributed by atoms with Crippen molar-refractivity contribution in [2.75, 3.05) is 11.9 Å². The quantitative estimate of drug-likeness (QED) is 0.761. The Bertz CT molecular complexity index is 593. The molecule has 0 fully saturated rings. The van der Waals surface area contributed by atoms with E-state index in [2.05, 4.69) is 20.7 Å². The Morgan fingerprint density at radius 3 is 2.90 bits per heavy atom. The van der Waals surface area contributed by atoms with Crippen LogP contribution in [0.4, 0.5) is 5.69 Å². The molecular formula is C15H21N5O. The van der Waals surface area contributed by atoms with Gasteiger partial charge in [-0.05, 0) is 25.5 Å². The van der Waals surface area contributed by atoms with Crippen LogP contribution >= 0.6 is 0 Å². The average molecular weight is 287 g/mol. The molecule has 0 atom stereocenters. The van der Waals surface area contributed by atoms with Crippen LogP contribution in [0.25, 0.3) is 0 Å². The summed E-state index contributed by atoms with van der Waals surface area (Å²) >= 11 is 0. The Kier molecular flexibility index (Phi) is 5.45. The van der Waals surface area contributed by atoms with E-state index in [9.17, 15) is 4.79 Å². The summed E-state index contributed by atoms with van der Waals surface area (Å²) in [5, 5.41) is 10.2. The van der Waals surface area contributed by atoms with E-state index in [0.29, 0.717) is 19.5 Å². The molecule has 1 heterocycles. The van der Waals surface area contributed by atoms with Crippen molar-refractivity contribution in [2.45, 2.75) is 33.4 Å². The molecule has 112 valence electrons. The van der Waals surface area contributed by atoms with Crippen LogP contribution in [-0.4, -0.2) is 27.2 Å². The summed E-state index contributed by atoms with van der Waals surface area (Å²) < 4.78 is 1.83. The molecule has 2 rings (SSSR count). The number of amides is 1. The van der Waals surface area contributed by atoms with Gasteiger partial charge in [-0.1, -0.05) is 18.2 Å². The molecule has 0 spiro atoms. The Morgan fingerprint density at radius 2 is 2.14 bits per heavy atom. The highest BCUT2D eigenvalue weighted by Crippen LogP contribution is 2.13. The van der Waals surface area contributed by atoms with Gasteiger partial charge in [0.2, 0.25) is 5.91 Å². The number of aryl methyl sites for hydroxylation is 2. The topological polar surface area (TPSA) is 71.8 Å². The van der Waals surface area contributed by atoms with Gasteiger partial charge in [-0.3, -0.25) is 4.79 Å². The Morgan fingerprint density at radius 1 is 1.33 bits per heavy atom. The number of carbonyl (C=O) groups is 1. The average Bonchev–Trinajstić information content (AvgIpc) is 2.93. The second kappa shape index (κ2) is 7.54. The van der Waals surface area contributed by atoms with E-state index in [4.69, 9.17) is 0 Å². The van der Waals surface area contributed by atoms with Crippen molar-refractivity contribution in [3.8, 4) is 0 Å². The summed E-state index contributed by atoms with van der Waals surface area (Å²) in [6.45, 7) is 6.02. The molecule has 21 heavy (non-hydrogen) atoms. The van der Waals surface area contributed by atoms with E-state index in [1.807, 2.05) is 42.8 Å². The van der Waals surface area contributed by atoms with Gasteiger partial charge in [-0.2, -0.15) is 5.10 Å². The van der Waals surface area contributed by atoms with E-state index in [1.165, 1.54) is 0 Å². The lowest BCUT2D eigenvalue weighted by Crippen LogP contribution is -2.23. The van der Waals surface area contributed by atoms with Crippen LogP contribution in [0, 0.1) is 6.92 Å². The van der Waals surface area contributed by atoms with Gasteiger partial charge >= 0.3 is 0 Å². The Labute approximate surface area is 124 Å². The van der Waals surface area contributed by atoms with Gasteiger partial charge in [0.1, 0.15) is 12.2 Å². The third kappa shape index (κ3) is 4.39. The van der Waals surface area contributed by atoms with Crippen LogP contribution in [0.2, 0.25) is 0 Å². The number of benzene rings is 1. The van der Waals surface area contributed by atoms with Crippen molar-refractivity contribution in [1.82, 2.24) is 20.1 Å². The van der Waals surface area contributed by atoms with Crippen LogP contribution in [0.1, 0.15) is 24.7 Å². The fourth-order valence-electron chi connectivity index (χ4n) is 2.02. The fraction of sp³-hybridized carbons (Fsp3) is 0.400. The van der Waals surface area contributed by atoms with Gasteiger partial charge in [0, 0.05) is 25.2 Å². The van der Waals surface area contributed by atoms with E-state index in [-0.39, 0.29) is 5.91 Å². The lowest BCUT2D eigenvalue weighted by Gasteiger charge is -2.08. The van der Waals surface area contributed by atoms with Crippen LogP contribution in [0.3, 0.4) is 0 Å². The predicted octanol–water partition coefficient (Wildman–Crippen LogP) is 1.72. The largest absolute Gasteiger partial charge is 0.326 e. The van der Waals surface area contributed by atoms with E-state index in [0.717, 1.165) is 23.6 Å². The number of rotatable bonds is 7. The molecule has 0 aliphatic carbocycles. The van der Waals surface area contributed by atoms with Crippen molar-refractivity contribution in [2.24, 2.45) is 0 Å². The Balaban J connectivity index is 1.71. The minimum Gasteiger partial charge on any atom is -0.326 e. The van der Waals surface area contributed by atoms with Gasteiger partial charge in [-0.15, -0.1) is 0 Å². The van der Waals surface area contributed by atoms with E-state index in [1.54, 1.807) is 6.33 Å². The minimum absolute atomic E-state index is 0.00811. The first-order chi connectivity index (χ1) is 10.2. The Hall–Kier alpha value is -2.21. The van der Waals surface area contributed by atoms with Gasteiger partial charge in [-0.25, -0.2) is 9.67 Å². The lowest BCUT2D eigenvalue weighted by molar-refractivity contribution is -0.116. The van der Waals surface area contributed by atoms with E-state index >= 15 is 0 Å². The number of aromatic nitrogens is 3. The van der Waals surface area contributed by atoms with Crippen LogP contribution in [0.15, 0.2) is 30.6 Å². The number of carbonyl (C=O) groups excluding carboxylic acids is 1. The molecule has 1 amide bonds. The van der Waals surface area contributed by atoms with Crippen molar-refractivity contribution in [3.05, 3.63) is 42.0 Å². The maximum absolute atomic E-state index is 11.9. The number of hydrogen-bond donors (Lipinski definition) is 2. The molecule has 6 nitrogen and oxygen atoms in total. The third-order valence-corrected chi connectivity index (χ3v) is 3.23. The summed E-state index contributed by atoms with van der Waals surface area (Å²) in [5.41, 5.74) is 1.93. The summed E-state index contributed by atoms with van der Waals surface area (Å²) in [7, 11) is 0. The van der Waals surface area contributed by atoms with Crippen LogP contribution in [0.5, 0.6) is 0 Å². The van der Waals surface area contributed by atoms with Crippen molar-refractivity contribution in [1.29, 1.82) is 0 Å². The molecule has 2 N–H and O–H groups in total. The molecule has 0 aliphatic rings. The highest BCUT2D eigenvalue weighted by Gasteiger charge is 2.05. The maximum atomic E-state index is 11.9. The highest BCUT2D eigenvalue weighted by atomic mass is 16.1. The minimum atomic E-state index is 0.00811. The van der Waals surface area contributed by atoms with Crippen molar-refractivity contribution < 1.29 is 4.79 Å². The molecule has 6 heteroatoms. The standard InChI is InChI=1S/C15H21N5O/c1-3-20-14(17-11-18-20)10-16-9-8-15(21)19-13-7-5-4-6-12(13)2/h4-7,11,16H,3,8-10H2,1-2H3,(H,19,21). The predicted molar refractivity (Wildman–Crippen MR) is 81.8 cm³/mol. The first-order valence-electron chi connectivity index (χ1n) is 7.13. The first-order valence-corrected chi connectivity index (χ1v) is 7.13. The SMILES string of the molecule is CCn1ncnc1CNCCC(=O)Nc1ccccc1C. The van der Waals surface area contributed by atoms with E-state index < -0.39 is 0 Å². The van der Waals surface area contributed by atoms with Gasteiger partial charge in [0.05, 0.1) is 6.54 Å². The summed E-state index contributed by atoms with van der Waals surface area (Å²) in [6.07, 6.45) is 1.97. The number of nitrogens with one attached hydrogen (secondary N) is 2. The summed E-state index contributed by atoms with van der Waals surface area (Å²) in [6, 6.07) is 7.75. The molecule has 0 radical (unpaired) electrons. The molecule has 0 saturated carbocycles. The van der Waals surface area contributed by atoms with Crippen molar-refractivity contribution >= 4 is 11.6 Å². The van der Waals surface area contributed by atoms with Gasteiger partial charge in [0.15, 0.2) is 0 Å². The lowest BCUT2D eigenvalue weighted by atomic mass is 10.2. The maximum Gasteiger partial charge on any atom is 0.225 e. The number of para-hydroxylation sites is 1. The molecular weight excluding hydrogens is 266 g/mol. The zero-order valence-corrected chi connectivity index (χ0v) is 12.5. The van der Waals surface area contributed by atoms with Crippen LogP contribution < -0.4 is 10.6 Å². The number of hydrogen-bond acceptors (Lipinski definition) is 4. The molecule has 0 aliphatic heterocycles.